The van der Waals surface area contributed by atoms with Crippen molar-refractivity contribution < 1.29 is 4.79 Å². The standard InChI is InChI=1S/C7H12INO/c1-6(5-9(2)3)7(10)4-8/h5H,4H2,1-3H3/b6-5+. The van der Waals surface area contributed by atoms with E-state index >= 15 is 0 Å². The number of ketones is 1. The minimum Gasteiger partial charge on any atom is -0.383 e. The quantitative estimate of drug-likeness (QED) is 0.431. The fourth-order valence-electron chi connectivity index (χ4n) is 0.565. The number of rotatable bonds is 3. The lowest BCUT2D eigenvalue weighted by atomic mass is 10.2. The molecule has 0 atom stereocenters. The highest BCUT2D eigenvalue weighted by Gasteiger charge is 2.00. The number of nitrogens with zero attached hydrogens (tertiary/aromatic N) is 1. The van der Waals surface area contributed by atoms with Crippen molar-refractivity contribution in [3.8, 4) is 0 Å². The predicted octanol–water partition coefficient (Wildman–Crippen LogP) is 1.46. The van der Waals surface area contributed by atoms with E-state index in [-0.39, 0.29) is 5.78 Å². The Morgan fingerprint density at radius 3 is 2.40 bits per heavy atom. The van der Waals surface area contributed by atoms with Crippen LogP contribution >= 0.6 is 22.6 Å². The molecular weight excluding hydrogens is 241 g/mol. The number of halogens is 1. The van der Waals surface area contributed by atoms with Crippen molar-refractivity contribution in [3.05, 3.63) is 11.8 Å². The number of carbonyl (C=O) groups excluding carboxylic acids is 1. The van der Waals surface area contributed by atoms with Crippen LogP contribution in [0.4, 0.5) is 0 Å². The lowest BCUT2D eigenvalue weighted by Crippen LogP contribution is -2.07. The van der Waals surface area contributed by atoms with Gasteiger partial charge in [0.15, 0.2) is 5.78 Å². The molecule has 0 aromatic heterocycles. The first-order chi connectivity index (χ1) is 4.57. The van der Waals surface area contributed by atoms with Crippen LogP contribution in [0, 0.1) is 0 Å². The second kappa shape index (κ2) is 4.71. The summed E-state index contributed by atoms with van der Waals surface area (Å²) in [4.78, 5) is 12.8. The zero-order valence-electron chi connectivity index (χ0n) is 6.52. The van der Waals surface area contributed by atoms with Gasteiger partial charge in [0.2, 0.25) is 0 Å². The molecular formula is C7H12INO. The van der Waals surface area contributed by atoms with E-state index in [4.69, 9.17) is 0 Å². The summed E-state index contributed by atoms with van der Waals surface area (Å²) < 4.78 is 0.563. The molecule has 0 fully saturated rings. The molecule has 0 bridgehead atoms. The first kappa shape index (κ1) is 9.94. The largest absolute Gasteiger partial charge is 0.383 e. The zero-order chi connectivity index (χ0) is 8.15. The van der Waals surface area contributed by atoms with Crippen LogP contribution in [0.15, 0.2) is 11.8 Å². The van der Waals surface area contributed by atoms with Crippen molar-refractivity contribution in [3.63, 3.8) is 0 Å². The predicted molar refractivity (Wildman–Crippen MR) is 51.3 cm³/mol. The summed E-state index contributed by atoms with van der Waals surface area (Å²) in [6, 6.07) is 0. The minimum absolute atomic E-state index is 0.203. The molecule has 2 nitrogen and oxygen atoms in total. The summed E-state index contributed by atoms with van der Waals surface area (Å²) in [6.45, 7) is 1.83. The van der Waals surface area contributed by atoms with E-state index < -0.39 is 0 Å². The number of carbonyl (C=O) groups is 1. The van der Waals surface area contributed by atoms with Gasteiger partial charge >= 0.3 is 0 Å². The monoisotopic (exact) mass is 253 g/mol. The summed E-state index contributed by atoms with van der Waals surface area (Å²) in [5.74, 6) is 0.203. The Bertz CT molecular complexity index is 152. The van der Waals surface area contributed by atoms with E-state index in [1.807, 2.05) is 32.1 Å². The Hall–Kier alpha value is -0.0600. The third kappa shape index (κ3) is 3.87. The van der Waals surface area contributed by atoms with E-state index in [0.29, 0.717) is 4.43 Å². The summed E-state index contributed by atoms with van der Waals surface area (Å²) in [5.41, 5.74) is 0.819. The van der Waals surface area contributed by atoms with Crippen LogP contribution in [0.2, 0.25) is 0 Å². The minimum atomic E-state index is 0.203. The van der Waals surface area contributed by atoms with Crippen LogP contribution in [0.5, 0.6) is 0 Å². The SMILES string of the molecule is C/C(=C\N(C)C)C(=O)CI. The number of hydrogen-bond donors (Lipinski definition) is 0. The van der Waals surface area contributed by atoms with Gasteiger partial charge in [-0.05, 0) is 6.92 Å². The number of hydrogen-bond acceptors (Lipinski definition) is 2. The van der Waals surface area contributed by atoms with Gasteiger partial charge in [0.1, 0.15) is 0 Å². The molecule has 0 saturated heterocycles. The molecule has 0 aliphatic carbocycles. The maximum Gasteiger partial charge on any atom is 0.169 e. The van der Waals surface area contributed by atoms with Gasteiger partial charge in [-0.1, -0.05) is 22.6 Å². The second-order valence-electron chi connectivity index (χ2n) is 2.33. The third-order valence-corrected chi connectivity index (χ3v) is 1.71. The highest BCUT2D eigenvalue weighted by molar-refractivity contribution is 14.1. The molecule has 0 aromatic rings. The maximum atomic E-state index is 10.9. The van der Waals surface area contributed by atoms with Crippen LogP contribution < -0.4 is 0 Å². The van der Waals surface area contributed by atoms with Crippen molar-refractivity contribution in [1.29, 1.82) is 0 Å². The molecule has 0 rings (SSSR count). The Morgan fingerprint density at radius 1 is 1.60 bits per heavy atom. The highest BCUT2D eigenvalue weighted by atomic mass is 127. The molecule has 0 radical (unpaired) electrons. The molecule has 3 heteroatoms. The van der Waals surface area contributed by atoms with E-state index in [2.05, 4.69) is 22.6 Å². The Labute approximate surface area is 75.4 Å². The van der Waals surface area contributed by atoms with Gasteiger partial charge in [-0.25, -0.2) is 0 Å². The average molecular weight is 253 g/mol. The van der Waals surface area contributed by atoms with Gasteiger partial charge in [0.05, 0.1) is 4.43 Å². The molecule has 10 heavy (non-hydrogen) atoms. The van der Waals surface area contributed by atoms with E-state index in [0.717, 1.165) is 5.57 Å². The van der Waals surface area contributed by atoms with Crippen LogP contribution in [-0.2, 0) is 4.79 Å². The van der Waals surface area contributed by atoms with Crippen molar-refractivity contribution in [2.24, 2.45) is 0 Å². The number of allylic oxidation sites excluding steroid dienone is 1. The van der Waals surface area contributed by atoms with Gasteiger partial charge in [-0.15, -0.1) is 0 Å². The third-order valence-electron chi connectivity index (χ3n) is 1.01. The summed E-state index contributed by atoms with van der Waals surface area (Å²) in [6.07, 6.45) is 1.83. The molecule has 0 aliphatic heterocycles. The van der Waals surface area contributed by atoms with Crippen molar-refractivity contribution >= 4 is 28.4 Å². The smallest absolute Gasteiger partial charge is 0.169 e. The molecule has 0 unspecified atom stereocenters. The van der Waals surface area contributed by atoms with Gasteiger partial charge in [0.25, 0.3) is 0 Å². The molecule has 0 aromatic carbocycles. The summed E-state index contributed by atoms with van der Waals surface area (Å²) >= 11 is 2.07. The van der Waals surface area contributed by atoms with Gasteiger partial charge in [0, 0.05) is 25.9 Å². The molecule has 0 amide bonds. The van der Waals surface area contributed by atoms with Crippen LogP contribution in [0.1, 0.15) is 6.92 Å². The first-order valence-corrected chi connectivity index (χ1v) is 4.54. The summed E-state index contributed by atoms with van der Waals surface area (Å²) in [5, 5.41) is 0. The molecule has 0 heterocycles. The average Bonchev–Trinajstić information content (AvgIpc) is 1.85. The second-order valence-corrected chi connectivity index (χ2v) is 3.10. The Morgan fingerprint density at radius 2 is 2.10 bits per heavy atom. The van der Waals surface area contributed by atoms with Crippen LogP contribution in [0.25, 0.3) is 0 Å². The van der Waals surface area contributed by atoms with Crippen LogP contribution in [-0.4, -0.2) is 29.2 Å². The maximum absolute atomic E-state index is 10.9. The Kier molecular flexibility index (Phi) is 4.68. The van der Waals surface area contributed by atoms with Crippen molar-refractivity contribution in [2.75, 3.05) is 18.5 Å². The van der Waals surface area contributed by atoms with Gasteiger partial charge in [-0.3, -0.25) is 4.79 Å². The van der Waals surface area contributed by atoms with E-state index in [9.17, 15) is 4.79 Å². The highest BCUT2D eigenvalue weighted by Crippen LogP contribution is 1.98. The van der Waals surface area contributed by atoms with E-state index in [1.165, 1.54) is 0 Å². The lowest BCUT2D eigenvalue weighted by Gasteiger charge is -2.05. The van der Waals surface area contributed by atoms with Gasteiger partial charge < -0.3 is 4.90 Å². The van der Waals surface area contributed by atoms with E-state index in [1.54, 1.807) is 0 Å². The van der Waals surface area contributed by atoms with Crippen molar-refractivity contribution in [2.45, 2.75) is 6.92 Å². The molecule has 0 saturated carbocycles. The molecule has 0 spiro atoms. The lowest BCUT2D eigenvalue weighted by molar-refractivity contribution is -0.113. The van der Waals surface area contributed by atoms with Crippen LogP contribution in [0.3, 0.4) is 0 Å². The molecule has 0 aliphatic rings. The number of alkyl halides is 1. The topological polar surface area (TPSA) is 20.3 Å². The fraction of sp³-hybridized carbons (Fsp3) is 0.571. The normalized spacial score (nSPS) is 11.4. The summed E-state index contributed by atoms with van der Waals surface area (Å²) in [7, 11) is 3.81. The Balaban J connectivity index is 4.05. The molecule has 0 N–H and O–H groups in total. The first-order valence-electron chi connectivity index (χ1n) is 3.02. The zero-order valence-corrected chi connectivity index (χ0v) is 8.68. The fourth-order valence-corrected chi connectivity index (χ4v) is 1.17. The number of Topliss-reactive ketones (excluding diaryl/α,β-unsaturated/α-hetero) is 1. The van der Waals surface area contributed by atoms with Gasteiger partial charge in [-0.2, -0.15) is 0 Å². The van der Waals surface area contributed by atoms with Crippen molar-refractivity contribution in [1.82, 2.24) is 4.90 Å². The molecule has 58 valence electrons.